The monoisotopic (exact) mass is 434 g/mol. The van der Waals surface area contributed by atoms with Crippen molar-refractivity contribution in [2.24, 2.45) is 0 Å². The van der Waals surface area contributed by atoms with Crippen molar-refractivity contribution in [3.8, 4) is 0 Å². The van der Waals surface area contributed by atoms with E-state index in [-0.39, 0.29) is 22.6 Å². The number of amides is 2. The molecule has 4 nitrogen and oxygen atoms in total. The number of hydrogen-bond donors (Lipinski definition) is 2. The summed E-state index contributed by atoms with van der Waals surface area (Å²) in [6.07, 6.45) is 3.22. The van der Waals surface area contributed by atoms with Gasteiger partial charge in [-0.15, -0.1) is 0 Å². The van der Waals surface area contributed by atoms with Gasteiger partial charge >= 0.3 is 0 Å². The van der Waals surface area contributed by atoms with Gasteiger partial charge in [0, 0.05) is 12.1 Å². The summed E-state index contributed by atoms with van der Waals surface area (Å²) in [4.78, 5) is 26.7. The molecular weight excluding hydrogens is 396 g/mol. The van der Waals surface area contributed by atoms with Gasteiger partial charge in [0.25, 0.3) is 5.91 Å². The summed E-state index contributed by atoms with van der Waals surface area (Å²) < 4.78 is 0. The van der Waals surface area contributed by atoms with E-state index in [0.29, 0.717) is 24.9 Å². The van der Waals surface area contributed by atoms with Gasteiger partial charge in [0.05, 0.1) is 0 Å². The van der Waals surface area contributed by atoms with E-state index >= 15 is 0 Å². The van der Waals surface area contributed by atoms with Crippen LogP contribution >= 0.6 is 0 Å². The Kier molecular flexibility index (Phi) is 6.83. The van der Waals surface area contributed by atoms with Gasteiger partial charge in [0.15, 0.2) is 0 Å². The number of carbonyl (C=O) groups is 2. The summed E-state index contributed by atoms with van der Waals surface area (Å²) in [5.74, 6) is -0.256. The Hall–Kier alpha value is -2.62. The van der Waals surface area contributed by atoms with Crippen LogP contribution in [0.4, 0.5) is 0 Å². The molecule has 0 unspecified atom stereocenters. The molecule has 0 radical (unpaired) electrons. The SMILES string of the molecule is CC(C)(C)c1cc(C(=O)NC2(C(=O)NCc3ccccc3)CCCC2)cc(C(C)(C)C)c1. The molecule has 0 bridgehead atoms. The molecule has 0 heterocycles. The smallest absolute Gasteiger partial charge is 0.252 e. The van der Waals surface area contributed by atoms with Crippen LogP contribution in [0.3, 0.4) is 0 Å². The Morgan fingerprint density at radius 1 is 0.844 bits per heavy atom. The molecule has 1 aliphatic rings. The van der Waals surface area contributed by atoms with Crippen LogP contribution in [-0.4, -0.2) is 17.4 Å². The zero-order chi connectivity index (χ0) is 23.6. The molecule has 1 saturated carbocycles. The van der Waals surface area contributed by atoms with Gasteiger partial charge < -0.3 is 10.6 Å². The highest BCUT2D eigenvalue weighted by Gasteiger charge is 2.42. The molecule has 4 heteroatoms. The second-order valence-corrected chi connectivity index (χ2v) is 11.2. The number of rotatable bonds is 5. The second-order valence-electron chi connectivity index (χ2n) is 11.2. The standard InChI is InChI=1S/C28H38N2O2/c1-26(2,3)22-16-21(17-23(18-22)27(4,5)6)24(31)30-28(14-10-11-15-28)25(32)29-19-20-12-8-7-9-13-20/h7-9,12-13,16-18H,10-11,14-15,19H2,1-6H3,(H,29,32)(H,30,31). The molecule has 2 aromatic rings. The Bertz CT molecular complexity index is 927. The Labute approximate surface area is 193 Å². The third-order valence-electron chi connectivity index (χ3n) is 6.47. The highest BCUT2D eigenvalue weighted by molar-refractivity contribution is 5.99. The first kappa shape index (κ1) is 24.0. The van der Waals surface area contributed by atoms with Crippen molar-refractivity contribution in [3.05, 3.63) is 70.8 Å². The minimum Gasteiger partial charge on any atom is -0.350 e. The lowest BCUT2D eigenvalue weighted by Gasteiger charge is -2.30. The first-order valence-corrected chi connectivity index (χ1v) is 11.7. The fourth-order valence-corrected chi connectivity index (χ4v) is 4.25. The minimum absolute atomic E-state index is 0.0750. The summed E-state index contributed by atoms with van der Waals surface area (Å²) in [5.41, 5.74) is 2.94. The van der Waals surface area contributed by atoms with Crippen LogP contribution in [0.15, 0.2) is 48.5 Å². The van der Waals surface area contributed by atoms with E-state index in [4.69, 9.17) is 0 Å². The van der Waals surface area contributed by atoms with E-state index in [0.717, 1.165) is 29.5 Å². The quantitative estimate of drug-likeness (QED) is 0.640. The fourth-order valence-electron chi connectivity index (χ4n) is 4.25. The zero-order valence-electron chi connectivity index (χ0n) is 20.5. The first-order chi connectivity index (χ1) is 14.9. The second kappa shape index (κ2) is 9.09. The molecule has 2 aromatic carbocycles. The summed E-state index contributed by atoms with van der Waals surface area (Å²) in [5, 5.41) is 6.21. The third kappa shape index (κ3) is 5.59. The number of nitrogens with one attached hydrogen (secondary N) is 2. The maximum atomic E-state index is 13.5. The average molecular weight is 435 g/mol. The highest BCUT2D eigenvalue weighted by atomic mass is 16.2. The van der Waals surface area contributed by atoms with E-state index in [1.54, 1.807) is 0 Å². The number of carbonyl (C=O) groups excluding carboxylic acids is 2. The van der Waals surface area contributed by atoms with E-state index in [9.17, 15) is 9.59 Å². The van der Waals surface area contributed by atoms with Gasteiger partial charge in [-0.05, 0) is 52.5 Å². The van der Waals surface area contributed by atoms with Gasteiger partial charge in [0.1, 0.15) is 5.54 Å². The predicted molar refractivity (Wildman–Crippen MR) is 131 cm³/mol. The van der Waals surface area contributed by atoms with Crippen LogP contribution in [0.25, 0.3) is 0 Å². The van der Waals surface area contributed by atoms with Crippen molar-refractivity contribution in [1.82, 2.24) is 10.6 Å². The molecule has 0 aliphatic heterocycles. The predicted octanol–water partition coefficient (Wildman–Crippen LogP) is 5.64. The Morgan fingerprint density at radius 3 is 1.88 bits per heavy atom. The van der Waals surface area contributed by atoms with Crippen molar-refractivity contribution in [2.45, 2.75) is 90.1 Å². The lowest BCUT2D eigenvalue weighted by Crippen LogP contribution is -2.57. The van der Waals surface area contributed by atoms with E-state index in [1.165, 1.54) is 0 Å². The molecule has 172 valence electrons. The summed E-state index contributed by atoms with van der Waals surface area (Å²) in [6, 6.07) is 16.0. The van der Waals surface area contributed by atoms with Crippen LogP contribution in [0, 0.1) is 0 Å². The van der Waals surface area contributed by atoms with Crippen molar-refractivity contribution in [3.63, 3.8) is 0 Å². The first-order valence-electron chi connectivity index (χ1n) is 11.7. The normalized spacial score (nSPS) is 15.9. The lowest BCUT2D eigenvalue weighted by atomic mass is 9.79. The maximum Gasteiger partial charge on any atom is 0.252 e. The van der Waals surface area contributed by atoms with Gasteiger partial charge in [-0.2, -0.15) is 0 Å². The maximum absolute atomic E-state index is 13.5. The highest BCUT2D eigenvalue weighted by Crippen LogP contribution is 2.33. The molecule has 0 saturated heterocycles. The zero-order valence-corrected chi connectivity index (χ0v) is 20.5. The van der Waals surface area contributed by atoms with Gasteiger partial charge in [-0.1, -0.05) is 90.8 Å². The van der Waals surface area contributed by atoms with E-state index in [2.05, 4.69) is 58.2 Å². The molecule has 2 amide bonds. The van der Waals surface area contributed by atoms with Gasteiger partial charge in [-0.3, -0.25) is 9.59 Å². The molecule has 0 spiro atoms. The largest absolute Gasteiger partial charge is 0.350 e. The van der Waals surface area contributed by atoms with Crippen LogP contribution in [0.5, 0.6) is 0 Å². The van der Waals surface area contributed by atoms with Crippen molar-refractivity contribution >= 4 is 11.8 Å². The summed E-state index contributed by atoms with van der Waals surface area (Å²) in [7, 11) is 0. The van der Waals surface area contributed by atoms with Crippen LogP contribution in [-0.2, 0) is 22.2 Å². The van der Waals surface area contributed by atoms with Crippen molar-refractivity contribution in [1.29, 1.82) is 0 Å². The summed E-state index contributed by atoms with van der Waals surface area (Å²) in [6.45, 7) is 13.4. The van der Waals surface area contributed by atoms with Crippen molar-refractivity contribution in [2.75, 3.05) is 0 Å². The van der Waals surface area contributed by atoms with Crippen LogP contribution < -0.4 is 10.6 Å². The van der Waals surface area contributed by atoms with Gasteiger partial charge in [-0.25, -0.2) is 0 Å². The molecule has 0 aromatic heterocycles. The molecule has 1 aliphatic carbocycles. The van der Waals surface area contributed by atoms with Crippen LogP contribution in [0.1, 0.15) is 94.3 Å². The molecule has 0 atom stereocenters. The van der Waals surface area contributed by atoms with Crippen molar-refractivity contribution < 1.29 is 9.59 Å². The Morgan fingerprint density at radius 2 is 1.38 bits per heavy atom. The number of hydrogen-bond acceptors (Lipinski definition) is 2. The van der Waals surface area contributed by atoms with E-state index < -0.39 is 5.54 Å². The Balaban J connectivity index is 1.85. The fraction of sp³-hybridized carbons (Fsp3) is 0.500. The molecule has 1 fully saturated rings. The number of benzene rings is 2. The molecule has 32 heavy (non-hydrogen) atoms. The summed E-state index contributed by atoms with van der Waals surface area (Å²) >= 11 is 0. The lowest BCUT2D eigenvalue weighted by molar-refractivity contribution is -0.127. The topological polar surface area (TPSA) is 58.2 Å². The molecule has 2 N–H and O–H groups in total. The average Bonchev–Trinajstić information content (AvgIpc) is 3.21. The van der Waals surface area contributed by atoms with E-state index in [1.807, 2.05) is 42.5 Å². The third-order valence-corrected chi connectivity index (χ3v) is 6.47. The minimum atomic E-state index is -0.842. The molecular formula is C28H38N2O2. The van der Waals surface area contributed by atoms with Gasteiger partial charge in [0.2, 0.25) is 5.91 Å². The molecule has 3 rings (SSSR count). The van der Waals surface area contributed by atoms with Crippen LogP contribution in [0.2, 0.25) is 0 Å².